The first-order valence-corrected chi connectivity index (χ1v) is 8.36. The second-order valence-electron chi connectivity index (χ2n) is 7.13. The van der Waals surface area contributed by atoms with Gasteiger partial charge >= 0.3 is 0 Å². The zero-order chi connectivity index (χ0) is 15.5. The molecule has 1 aromatic rings. The maximum absolute atomic E-state index is 14.1. The Morgan fingerprint density at radius 3 is 2.57 bits per heavy atom. The highest BCUT2D eigenvalue weighted by Gasteiger charge is 2.34. The molecule has 1 N–H and O–H groups in total. The minimum atomic E-state index is -0.111. The molecule has 2 rings (SSSR count). The van der Waals surface area contributed by atoms with Gasteiger partial charge in [-0.1, -0.05) is 15.9 Å². The second-order valence-corrected chi connectivity index (χ2v) is 8.04. The van der Waals surface area contributed by atoms with Crippen LogP contribution in [0.5, 0.6) is 0 Å². The second kappa shape index (κ2) is 6.76. The van der Waals surface area contributed by atoms with Crippen molar-refractivity contribution in [2.45, 2.75) is 45.6 Å². The van der Waals surface area contributed by atoms with Crippen LogP contribution in [0.25, 0.3) is 0 Å². The molecule has 4 heteroatoms. The Balaban J connectivity index is 2.17. The molecule has 1 saturated heterocycles. The summed E-state index contributed by atoms with van der Waals surface area (Å²) in [6, 6.07) is 5.20. The van der Waals surface area contributed by atoms with Gasteiger partial charge in [0, 0.05) is 29.8 Å². The quantitative estimate of drug-likeness (QED) is 0.866. The van der Waals surface area contributed by atoms with E-state index >= 15 is 0 Å². The van der Waals surface area contributed by atoms with Gasteiger partial charge in [-0.3, -0.25) is 0 Å². The van der Waals surface area contributed by atoms with Crippen molar-refractivity contribution in [3.8, 4) is 0 Å². The summed E-state index contributed by atoms with van der Waals surface area (Å²) in [6.45, 7) is 8.92. The Hall–Kier alpha value is -0.450. The van der Waals surface area contributed by atoms with Gasteiger partial charge in [0.05, 0.1) is 0 Å². The number of halogens is 2. The molecule has 1 aliphatic heterocycles. The number of nitrogens with one attached hydrogen (secondary N) is 1. The van der Waals surface area contributed by atoms with Crippen LogP contribution in [0.3, 0.4) is 0 Å². The summed E-state index contributed by atoms with van der Waals surface area (Å²) in [5, 5.41) is 3.60. The normalized spacial score (nSPS) is 18.7. The van der Waals surface area contributed by atoms with E-state index in [1.807, 2.05) is 6.07 Å². The Morgan fingerprint density at radius 1 is 1.29 bits per heavy atom. The number of ether oxygens (including phenoxy) is 1. The minimum absolute atomic E-state index is 0.0706. The Labute approximate surface area is 135 Å². The summed E-state index contributed by atoms with van der Waals surface area (Å²) >= 11 is 3.44. The van der Waals surface area contributed by atoms with Gasteiger partial charge in [-0.05, 0) is 69.2 Å². The first kappa shape index (κ1) is 16.9. The van der Waals surface area contributed by atoms with Crippen molar-refractivity contribution < 1.29 is 9.13 Å². The highest BCUT2D eigenvalue weighted by Crippen LogP contribution is 2.35. The Morgan fingerprint density at radius 2 is 1.95 bits per heavy atom. The molecule has 1 aromatic carbocycles. The fourth-order valence-electron chi connectivity index (χ4n) is 2.76. The predicted octanol–water partition coefficient (Wildman–Crippen LogP) is 4.32. The molecule has 0 aliphatic carbocycles. The van der Waals surface area contributed by atoms with Crippen LogP contribution in [0, 0.1) is 11.2 Å². The van der Waals surface area contributed by atoms with E-state index in [2.05, 4.69) is 42.0 Å². The molecule has 0 unspecified atom stereocenters. The van der Waals surface area contributed by atoms with Crippen molar-refractivity contribution in [2.24, 2.45) is 5.41 Å². The van der Waals surface area contributed by atoms with Crippen LogP contribution in [-0.4, -0.2) is 25.3 Å². The summed E-state index contributed by atoms with van der Waals surface area (Å²) in [6.07, 6.45) is 2.70. The van der Waals surface area contributed by atoms with Crippen LogP contribution in [-0.2, 0) is 11.2 Å². The summed E-state index contributed by atoms with van der Waals surface area (Å²) in [5.41, 5.74) is 0.941. The van der Waals surface area contributed by atoms with Crippen LogP contribution in [0.4, 0.5) is 4.39 Å². The van der Waals surface area contributed by atoms with Crippen molar-refractivity contribution in [1.82, 2.24) is 5.32 Å². The van der Waals surface area contributed by atoms with E-state index in [0.717, 1.165) is 49.1 Å². The van der Waals surface area contributed by atoms with Crippen LogP contribution in [0.15, 0.2) is 22.7 Å². The molecule has 0 radical (unpaired) electrons. The van der Waals surface area contributed by atoms with Gasteiger partial charge < -0.3 is 10.1 Å². The fourth-order valence-corrected chi connectivity index (χ4v) is 3.16. The largest absolute Gasteiger partial charge is 0.381 e. The molecule has 0 saturated carbocycles. The lowest BCUT2D eigenvalue weighted by molar-refractivity contribution is 0.0117. The molecule has 118 valence electrons. The van der Waals surface area contributed by atoms with Crippen molar-refractivity contribution in [2.75, 3.05) is 19.8 Å². The summed E-state index contributed by atoms with van der Waals surface area (Å²) < 4.78 is 20.5. The van der Waals surface area contributed by atoms with Crippen molar-refractivity contribution in [3.05, 3.63) is 34.1 Å². The molecule has 0 amide bonds. The molecule has 0 aromatic heterocycles. The average molecular weight is 358 g/mol. The standard InChI is InChI=1S/C17H25BrFNO/c1-16(2,3)20-12-17(6-8-21-9-7-17)11-13-10-14(18)4-5-15(13)19/h4-5,10,20H,6-9,11-12H2,1-3H3. The molecule has 0 atom stereocenters. The number of hydrogen-bond donors (Lipinski definition) is 1. The zero-order valence-corrected chi connectivity index (χ0v) is 14.7. The molecule has 21 heavy (non-hydrogen) atoms. The van der Waals surface area contributed by atoms with E-state index in [0.29, 0.717) is 0 Å². The van der Waals surface area contributed by atoms with Crippen molar-refractivity contribution >= 4 is 15.9 Å². The molecule has 1 aliphatic rings. The van der Waals surface area contributed by atoms with E-state index in [1.54, 1.807) is 12.1 Å². The van der Waals surface area contributed by atoms with E-state index in [1.165, 1.54) is 0 Å². The number of hydrogen-bond acceptors (Lipinski definition) is 2. The van der Waals surface area contributed by atoms with E-state index in [4.69, 9.17) is 4.74 Å². The first-order valence-electron chi connectivity index (χ1n) is 7.56. The van der Waals surface area contributed by atoms with Crippen molar-refractivity contribution in [3.63, 3.8) is 0 Å². The molecular formula is C17H25BrFNO. The monoisotopic (exact) mass is 357 g/mol. The molecule has 2 nitrogen and oxygen atoms in total. The SMILES string of the molecule is CC(C)(C)NCC1(Cc2cc(Br)ccc2F)CCOCC1. The smallest absolute Gasteiger partial charge is 0.126 e. The van der Waals surface area contributed by atoms with Gasteiger partial charge in [-0.2, -0.15) is 0 Å². The van der Waals surface area contributed by atoms with Gasteiger partial charge in [0.2, 0.25) is 0 Å². The minimum Gasteiger partial charge on any atom is -0.381 e. The Bertz CT molecular complexity index is 478. The van der Waals surface area contributed by atoms with E-state index in [9.17, 15) is 4.39 Å². The number of rotatable bonds is 4. The van der Waals surface area contributed by atoms with Gasteiger partial charge in [0.1, 0.15) is 5.82 Å². The molecular weight excluding hydrogens is 333 g/mol. The molecule has 0 bridgehead atoms. The third-order valence-corrected chi connectivity index (χ3v) is 4.61. The molecule has 1 heterocycles. The maximum Gasteiger partial charge on any atom is 0.126 e. The maximum atomic E-state index is 14.1. The third-order valence-electron chi connectivity index (χ3n) is 4.12. The topological polar surface area (TPSA) is 21.3 Å². The Kier molecular flexibility index (Phi) is 5.44. The van der Waals surface area contributed by atoms with Gasteiger partial charge in [-0.15, -0.1) is 0 Å². The van der Waals surface area contributed by atoms with Gasteiger partial charge in [0.25, 0.3) is 0 Å². The predicted molar refractivity (Wildman–Crippen MR) is 88.0 cm³/mol. The first-order chi connectivity index (χ1) is 9.80. The summed E-state index contributed by atoms with van der Waals surface area (Å²) in [4.78, 5) is 0. The van der Waals surface area contributed by atoms with Crippen LogP contribution in [0.2, 0.25) is 0 Å². The van der Waals surface area contributed by atoms with Crippen LogP contribution >= 0.6 is 15.9 Å². The fraction of sp³-hybridized carbons (Fsp3) is 0.647. The third kappa shape index (κ3) is 5.04. The van der Waals surface area contributed by atoms with Crippen molar-refractivity contribution in [1.29, 1.82) is 0 Å². The summed E-state index contributed by atoms with van der Waals surface area (Å²) in [5.74, 6) is -0.111. The van der Waals surface area contributed by atoms with E-state index < -0.39 is 0 Å². The van der Waals surface area contributed by atoms with E-state index in [-0.39, 0.29) is 16.8 Å². The number of benzene rings is 1. The highest BCUT2D eigenvalue weighted by molar-refractivity contribution is 9.10. The lowest BCUT2D eigenvalue weighted by Crippen LogP contribution is -2.47. The lowest BCUT2D eigenvalue weighted by Gasteiger charge is -2.40. The highest BCUT2D eigenvalue weighted by atomic mass is 79.9. The van der Waals surface area contributed by atoms with Gasteiger partial charge in [-0.25, -0.2) is 4.39 Å². The van der Waals surface area contributed by atoms with Gasteiger partial charge in [0.15, 0.2) is 0 Å². The summed E-state index contributed by atoms with van der Waals surface area (Å²) in [7, 11) is 0. The van der Waals surface area contributed by atoms with Crippen LogP contribution in [0.1, 0.15) is 39.2 Å². The molecule has 0 spiro atoms. The molecule has 1 fully saturated rings. The zero-order valence-electron chi connectivity index (χ0n) is 13.1. The lowest BCUT2D eigenvalue weighted by atomic mass is 9.74. The average Bonchev–Trinajstić information content (AvgIpc) is 2.41. The van der Waals surface area contributed by atoms with Crippen LogP contribution < -0.4 is 5.32 Å².